The summed E-state index contributed by atoms with van der Waals surface area (Å²) in [7, 11) is 3.36. The summed E-state index contributed by atoms with van der Waals surface area (Å²) >= 11 is 0. The number of aliphatic hydroxyl groups excluding tert-OH is 2. The van der Waals surface area contributed by atoms with Gasteiger partial charge in [0, 0.05) is 11.9 Å². The largest absolute Gasteiger partial charge is 0.496 e. The Labute approximate surface area is 112 Å². The number of hydrogen-bond donors (Lipinski definition) is 3. The van der Waals surface area contributed by atoms with E-state index in [4.69, 9.17) is 4.74 Å². The van der Waals surface area contributed by atoms with Gasteiger partial charge in [0.2, 0.25) is 0 Å². The molecule has 0 aliphatic heterocycles. The van der Waals surface area contributed by atoms with E-state index in [-0.39, 0.29) is 0 Å². The molecule has 0 saturated carbocycles. The Kier molecular flexibility index (Phi) is 4.37. The molecule has 2 unspecified atom stereocenters. The summed E-state index contributed by atoms with van der Waals surface area (Å²) in [5.74, 6) is 0.759. The predicted molar refractivity (Wildman–Crippen MR) is 75.4 cm³/mol. The van der Waals surface area contributed by atoms with E-state index in [2.05, 4.69) is 5.32 Å². The Balaban J connectivity index is 2.50. The third kappa shape index (κ3) is 2.71. The molecule has 0 saturated heterocycles. The molecule has 0 amide bonds. The number of fused-ring (bicyclic) bond motifs is 1. The van der Waals surface area contributed by atoms with Crippen LogP contribution in [-0.4, -0.2) is 37.0 Å². The lowest BCUT2D eigenvalue weighted by Crippen LogP contribution is -2.29. The quantitative estimate of drug-likeness (QED) is 0.762. The molecule has 0 aliphatic rings. The van der Waals surface area contributed by atoms with Crippen LogP contribution in [0.1, 0.15) is 11.7 Å². The molecule has 19 heavy (non-hydrogen) atoms. The van der Waals surface area contributed by atoms with E-state index in [0.29, 0.717) is 12.1 Å². The van der Waals surface area contributed by atoms with Crippen LogP contribution in [-0.2, 0) is 0 Å². The van der Waals surface area contributed by atoms with Crippen molar-refractivity contribution >= 4 is 10.8 Å². The summed E-state index contributed by atoms with van der Waals surface area (Å²) in [6.45, 7) is 0.335. The van der Waals surface area contributed by atoms with Gasteiger partial charge in [0.15, 0.2) is 0 Å². The monoisotopic (exact) mass is 261 g/mol. The first kappa shape index (κ1) is 13.8. The van der Waals surface area contributed by atoms with Crippen molar-refractivity contribution in [3.05, 3.63) is 42.0 Å². The van der Waals surface area contributed by atoms with E-state index in [9.17, 15) is 10.2 Å². The molecule has 0 heterocycles. The zero-order valence-electron chi connectivity index (χ0n) is 11.1. The van der Waals surface area contributed by atoms with Gasteiger partial charge in [-0.3, -0.25) is 0 Å². The second kappa shape index (κ2) is 6.02. The van der Waals surface area contributed by atoms with Gasteiger partial charge in [0.25, 0.3) is 0 Å². The van der Waals surface area contributed by atoms with E-state index in [1.807, 2.05) is 30.3 Å². The number of nitrogens with one attached hydrogen (secondary N) is 1. The van der Waals surface area contributed by atoms with Crippen LogP contribution < -0.4 is 10.1 Å². The molecule has 0 fully saturated rings. The van der Waals surface area contributed by atoms with E-state index in [0.717, 1.165) is 16.5 Å². The average Bonchev–Trinajstić information content (AvgIpc) is 2.45. The molecule has 0 spiro atoms. The average molecular weight is 261 g/mol. The molecule has 102 valence electrons. The molecular formula is C15H19NO3. The second-order valence-corrected chi connectivity index (χ2v) is 4.47. The second-order valence-electron chi connectivity index (χ2n) is 4.47. The number of benzene rings is 2. The molecule has 2 atom stereocenters. The Morgan fingerprint density at radius 1 is 1.11 bits per heavy atom. The van der Waals surface area contributed by atoms with Gasteiger partial charge in [-0.2, -0.15) is 0 Å². The maximum Gasteiger partial charge on any atom is 0.126 e. The van der Waals surface area contributed by atoms with Crippen LogP contribution in [0.2, 0.25) is 0 Å². The molecule has 2 aromatic carbocycles. The standard InChI is InChI=1S/C15H19NO3/c1-16-9-13(17)15(18)12-7-8-14(19-2)11-6-4-3-5-10(11)12/h3-8,13,15-18H,9H2,1-2H3. The van der Waals surface area contributed by atoms with Gasteiger partial charge in [0.05, 0.1) is 13.2 Å². The van der Waals surface area contributed by atoms with Crippen molar-refractivity contribution in [1.29, 1.82) is 0 Å². The Bertz CT molecular complexity index is 556. The predicted octanol–water partition coefficient (Wildman–Crippen LogP) is 1.46. The third-order valence-electron chi connectivity index (χ3n) is 3.23. The highest BCUT2D eigenvalue weighted by molar-refractivity contribution is 5.91. The van der Waals surface area contributed by atoms with E-state index in [1.165, 1.54) is 0 Å². The van der Waals surface area contributed by atoms with Gasteiger partial charge >= 0.3 is 0 Å². The molecule has 0 aromatic heterocycles. The molecule has 4 heteroatoms. The maximum absolute atomic E-state index is 10.3. The summed E-state index contributed by atoms with van der Waals surface area (Å²) < 4.78 is 5.31. The number of methoxy groups -OCH3 is 1. The molecular weight excluding hydrogens is 242 g/mol. The van der Waals surface area contributed by atoms with Crippen molar-refractivity contribution in [2.45, 2.75) is 12.2 Å². The minimum atomic E-state index is -0.928. The number of hydrogen-bond acceptors (Lipinski definition) is 4. The van der Waals surface area contributed by atoms with Gasteiger partial charge in [0.1, 0.15) is 11.9 Å². The fourth-order valence-electron chi connectivity index (χ4n) is 2.26. The summed E-state index contributed by atoms with van der Waals surface area (Å²) in [6, 6.07) is 11.3. The van der Waals surface area contributed by atoms with Gasteiger partial charge < -0.3 is 20.3 Å². The smallest absolute Gasteiger partial charge is 0.126 e. The topological polar surface area (TPSA) is 61.7 Å². The van der Waals surface area contributed by atoms with E-state index < -0.39 is 12.2 Å². The van der Waals surface area contributed by atoms with Crippen LogP contribution in [0.4, 0.5) is 0 Å². The zero-order valence-corrected chi connectivity index (χ0v) is 11.1. The van der Waals surface area contributed by atoms with E-state index >= 15 is 0 Å². The molecule has 4 nitrogen and oxygen atoms in total. The van der Waals surface area contributed by atoms with Crippen molar-refractivity contribution in [2.24, 2.45) is 0 Å². The highest BCUT2D eigenvalue weighted by Crippen LogP contribution is 2.32. The molecule has 2 rings (SSSR count). The zero-order chi connectivity index (χ0) is 13.8. The van der Waals surface area contributed by atoms with Crippen LogP contribution in [0.3, 0.4) is 0 Å². The molecule has 0 radical (unpaired) electrons. The molecule has 0 bridgehead atoms. The van der Waals surface area contributed by atoms with Crippen LogP contribution in [0.15, 0.2) is 36.4 Å². The van der Waals surface area contributed by atoms with Crippen molar-refractivity contribution < 1.29 is 14.9 Å². The first-order valence-corrected chi connectivity index (χ1v) is 6.25. The Morgan fingerprint density at radius 2 is 1.79 bits per heavy atom. The van der Waals surface area contributed by atoms with Crippen LogP contribution >= 0.6 is 0 Å². The number of ether oxygens (including phenoxy) is 1. The molecule has 0 aliphatic carbocycles. The first-order valence-electron chi connectivity index (χ1n) is 6.25. The van der Waals surface area contributed by atoms with Crippen molar-refractivity contribution in [3.8, 4) is 5.75 Å². The minimum Gasteiger partial charge on any atom is -0.496 e. The van der Waals surface area contributed by atoms with Gasteiger partial charge in [-0.05, 0) is 24.1 Å². The summed E-state index contributed by atoms with van der Waals surface area (Å²) in [5, 5.41) is 24.8. The summed E-state index contributed by atoms with van der Waals surface area (Å²) in [6.07, 6.45) is -1.77. The molecule has 3 N–H and O–H groups in total. The van der Waals surface area contributed by atoms with Gasteiger partial charge in [-0.25, -0.2) is 0 Å². The minimum absolute atomic E-state index is 0.335. The van der Waals surface area contributed by atoms with Crippen LogP contribution in [0, 0.1) is 0 Å². The fourth-order valence-corrected chi connectivity index (χ4v) is 2.26. The Hall–Kier alpha value is -1.62. The third-order valence-corrected chi connectivity index (χ3v) is 3.23. The first-order chi connectivity index (χ1) is 9.19. The van der Waals surface area contributed by atoms with Crippen LogP contribution in [0.25, 0.3) is 10.8 Å². The lowest BCUT2D eigenvalue weighted by atomic mass is 9.96. The highest BCUT2D eigenvalue weighted by Gasteiger charge is 2.20. The number of rotatable bonds is 5. The summed E-state index contributed by atoms with van der Waals surface area (Å²) in [5.41, 5.74) is 0.708. The lowest BCUT2D eigenvalue weighted by molar-refractivity contribution is 0.0211. The lowest BCUT2D eigenvalue weighted by Gasteiger charge is -2.20. The van der Waals surface area contributed by atoms with Gasteiger partial charge in [-0.1, -0.05) is 30.3 Å². The fraction of sp³-hybridized carbons (Fsp3) is 0.333. The maximum atomic E-state index is 10.3. The van der Waals surface area contributed by atoms with Crippen LogP contribution in [0.5, 0.6) is 5.75 Å². The van der Waals surface area contributed by atoms with Crippen molar-refractivity contribution in [2.75, 3.05) is 20.7 Å². The highest BCUT2D eigenvalue weighted by atomic mass is 16.5. The normalized spacial score (nSPS) is 14.3. The summed E-state index contributed by atoms with van der Waals surface area (Å²) in [4.78, 5) is 0. The van der Waals surface area contributed by atoms with E-state index in [1.54, 1.807) is 20.2 Å². The number of aliphatic hydroxyl groups is 2. The Morgan fingerprint density at radius 3 is 2.42 bits per heavy atom. The van der Waals surface area contributed by atoms with Crippen molar-refractivity contribution in [3.63, 3.8) is 0 Å². The number of likely N-dealkylation sites (N-methyl/N-ethyl adjacent to an activating group) is 1. The van der Waals surface area contributed by atoms with Crippen molar-refractivity contribution in [1.82, 2.24) is 5.32 Å². The van der Waals surface area contributed by atoms with Gasteiger partial charge in [-0.15, -0.1) is 0 Å². The SMILES string of the molecule is CNCC(O)C(O)c1ccc(OC)c2ccccc12. The molecule has 2 aromatic rings.